The summed E-state index contributed by atoms with van der Waals surface area (Å²) in [6.45, 7) is 0. The Hall–Kier alpha value is -4.01. The van der Waals surface area contributed by atoms with E-state index in [0.29, 0.717) is 29.2 Å². The van der Waals surface area contributed by atoms with Gasteiger partial charge in [-0.2, -0.15) is 5.26 Å². The molecular weight excluding hydrogens is 444 g/mol. The SMILES string of the molecule is N#Cc1cccc(CC2C(=O)N(c3ccc(Cl)cc3)c3ncccc3C2Cc2ccncc2)c1. The van der Waals surface area contributed by atoms with Gasteiger partial charge in [0.1, 0.15) is 5.82 Å². The second kappa shape index (κ2) is 9.46. The predicted molar refractivity (Wildman–Crippen MR) is 132 cm³/mol. The van der Waals surface area contributed by atoms with Gasteiger partial charge in [0.05, 0.1) is 23.2 Å². The zero-order valence-electron chi connectivity index (χ0n) is 18.3. The standard InChI is InChI=1S/C28H21ClN4O/c29-22-6-8-23(9-7-22)33-27-24(5-2-12-32-27)25(16-19-10-13-31-14-11-19)26(28(33)34)17-20-3-1-4-21(15-20)18-30/h1-15,25-26H,16-17H2. The van der Waals surface area contributed by atoms with Crippen LogP contribution >= 0.6 is 11.6 Å². The molecule has 0 saturated heterocycles. The topological polar surface area (TPSA) is 69.9 Å². The number of rotatable bonds is 5. The highest BCUT2D eigenvalue weighted by molar-refractivity contribution is 6.30. The first-order valence-corrected chi connectivity index (χ1v) is 11.4. The molecule has 0 radical (unpaired) electrons. The van der Waals surface area contributed by atoms with Crippen LogP contribution in [0.15, 0.2) is 91.4 Å². The average molecular weight is 465 g/mol. The van der Waals surface area contributed by atoms with E-state index >= 15 is 0 Å². The van der Waals surface area contributed by atoms with Crippen LogP contribution in [0, 0.1) is 17.2 Å². The van der Waals surface area contributed by atoms with Crippen LogP contribution in [0.25, 0.3) is 0 Å². The summed E-state index contributed by atoms with van der Waals surface area (Å²) >= 11 is 6.11. The van der Waals surface area contributed by atoms with Crippen LogP contribution in [-0.2, 0) is 17.6 Å². The number of halogens is 1. The minimum atomic E-state index is -0.338. The molecule has 2 aromatic heterocycles. The van der Waals surface area contributed by atoms with Gasteiger partial charge in [0.25, 0.3) is 0 Å². The number of pyridine rings is 2. The predicted octanol–water partition coefficient (Wildman–Crippen LogP) is 5.87. The van der Waals surface area contributed by atoms with Crippen LogP contribution in [0.4, 0.5) is 11.5 Å². The maximum atomic E-state index is 14.1. The van der Waals surface area contributed by atoms with Gasteiger partial charge in [-0.25, -0.2) is 4.98 Å². The molecule has 2 atom stereocenters. The molecule has 3 heterocycles. The molecule has 0 bridgehead atoms. The summed E-state index contributed by atoms with van der Waals surface area (Å²) in [5, 5.41) is 9.97. The third-order valence-electron chi connectivity index (χ3n) is 6.25. The van der Waals surface area contributed by atoms with Crippen molar-refractivity contribution >= 4 is 29.0 Å². The number of fused-ring (bicyclic) bond motifs is 1. The molecule has 2 aromatic carbocycles. The van der Waals surface area contributed by atoms with Crippen molar-refractivity contribution in [2.24, 2.45) is 5.92 Å². The molecule has 0 spiro atoms. The highest BCUT2D eigenvalue weighted by Gasteiger charge is 2.41. The summed E-state index contributed by atoms with van der Waals surface area (Å²) in [6.07, 6.45) is 6.47. The first-order chi connectivity index (χ1) is 16.6. The van der Waals surface area contributed by atoms with E-state index in [2.05, 4.69) is 22.1 Å². The Morgan fingerprint density at radius 3 is 2.41 bits per heavy atom. The highest BCUT2D eigenvalue weighted by atomic mass is 35.5. The Labute approximate surface area is 203 Å². The van der Waals surface area contributed by atoms with Gasteiger partial charge in [-0.05, 0) is 84.1 Å². The first kappa shape index (κ1) is 21.8. The Morgan fingerprint density at radius 2 is 1.65 bits per heavy atom. The molecular formula is C28H21ClN4O. The van der Waals surface area contributed by atoms with Crippen molar-refractivity contribution in [2.45, 2.75) is 18.8 Å². The third-order valence-corrected chi connectivity index (χ3v) is 6.50. The van der Waals surface area contributed by atoms with Gasteiger partial charge < -0.3 is 0 Å². The van der Waals surface area contributed by atoms with Crippen molar-refractivity contribution in [1.82, 2.24) is 9.97 Å². The van der Waals surface area contributed by atoms with Crippen molar-refractivity contribution in [3.63, 3.8) is 0 Å². The number of nitrogens with zero attached hydrogens (tertiary/aromatic N) is 4. The van der Waals surface area contributed by atoms with E-state index in [1.165, 1.54) is 0 Å². The lowest BCUT2D eigenvalue weighted by atomic mass is 9.75. The fraction of sp³-hybridized carbons (Fsp3) is 0.143. The number of carbonyl (C=O) groups excluding carboxylic acids is 1. The van der Waals surface area contributed by atoms with Crippen molar-refractivity contribution in [1.29, 1.82) is 5.26 Å². The lowest BCUT2D eigenvalue weighted by molar-refractivity contribution is -0.122. The molecule has 2 unspecified atom stereocenters. The van der Waals surface area contributed by atoms with Gasteiger partial charge in [-0.1, -0.05) is 29.8 Å². The van der Waals surface area contributed by atoms with E-state index in [1.807, 2.05) is 48.5 Å². The molecule has 1 amide bonds. The minimum Gasteiger partial charge on any atom is -0.274 e. The number of benzene rings is 2. The molecule has 5 rings (SSSR count). The smallest absolute Gasteiger partial charge is 0.236 e. The van der Waals surface area contributed by atoms with Gasteiger partial charge >= 0.3 is 0 Å². The largest absolute Gasteiger partial charge is 0.274 e. The normalized spacial score (nSPS) is 17.2. The molecule has 0 aliphatic carbocycles. The number of carbonyl (C=O) groups is 1. The van der Waals surface area contributed by atoms with Gasteiger partial charge in [-0.3, -0.25) is 14.7 Å². The number of amides is 1. The van der Waals surface area contributed by atoms with E-state index in [9.17, 15) is 10.1 Å². The molecule has 0 saturated carbocycles. The molecule has 1 aliphatic heterocycles. The van der Waals surface area contributed by atoms with Crippen molar-refractivity contribution in [2.75, 3.05) is 4.90 Å². The summed E-state index contributed by atoms with van der Waals surface area (Å²) in [6, 6.07) is 24.9. The first-order valence-electron chi connectivity index (χ1n) is 11.1. The van der Waals surface area contributed by atoms with Gasteiger partial charge in [0.2, 0.25) is 5.91 Å². The average Bonchev–Trinajstić information content (AvgIpc) is 2.88. The lowest BCUT2D eigenvalue weighted by Crippen LogP contribution is -2.42. The fourth-order valence-electron chi connectivity index (χ4n) is 4.66. The molecule has 0 N–H and O–H groups in total. The van der Waals surface area contributed by atoms with Crippen LogP contribution < -0.4 is 4.90 Å². The van der Waals surface area contributed by atoms with E-state index in [-0.39, 0.29) is 17.7 Å². The summed E-state index contributed by atoms with van der Waals surface area (Å²) in [4.78, 5) is 24.6. The summed E-state index contributed by atoms with van der Waals surface area (Å²) in [7, 11) is 0. The Kier molecular flexibility index (Phi) is 6.07. The number of nitriles is 1. The highest BCUT2D eigenvalue weighted by Crippen LogP contribution is 2.44. The lowest BCUT2D eigenvalue weighted by Gasteiger charge is -2.39. The third kappa shape index (κ3) is 4.28. The van der Waals surface area contributed by atoms with Crippen LogP contribution in [0.2, 0.25) is 5.02 Å². The second-order valence-electron chi connectivity index (χ2n) is 8.36. The zero-order valence-corrected chi connectivity index (χ0v) is 19.1. The monoisotopic (exact) mass is 464 g/mol. The zero-order chi connectivity index (χ0) is 23.5. The maximum absolute atomic E-state index is 14.1. The van der Waals surface area contributed by atoms with Crippen LogP contribution in [-0.4, -0.2) is 15.9 Å². The quantitative estimate of drug-likeness (QED) is 0.370. The number of aromatic nitrogens is 2. The van der Waals surface area contributed by atoms with Crippen molar-refractivity contribution < 1.29 is 4.79 Å². The van der Waals surface area contributed by atoms with Crippen molar-refractivity contribution in [3.8, 4) is 6.07 Å². The van der Waals surface area contributed by atoms with Crippen LogP contribution in [0.1, 0.15) is 28.2 Å². The summed E-state index contributed by atoms with van der Waals surface area (Å²) in [5.74, 6) is 0.216. The summed E-state index contributed by atoms with van der Waals surface area (Å²) < 4.78 is 0. The van der Waals surface area contributed by atoms with E-state index in [4.69, 9.17) is 11.6 Å². The number of hydrogen-bond donors (Lipinski definition) is 0. The van der Waals surface area contributed by atoms with Gasteiger partial charge in [0.15, 0.2) is 0 Å². The number of hydrogen-bond acceptors (Lipinski definition) is 4. The molecule has 34 heavy (non-hydrogen) atoms. The molecule has 1 aliphatic rings. The van der Waals surface area contributed by atoms with Gasteiger partial charge in [-0.15, -0.1) is 0 Å². The maximum Gasteiger partial charge on any atom is 0.236 e. The Balaban J connectivity index is 1.63. The molecule has 166 valence electrons. The fourth-order valence-corrected chi connectivity index (χ4v) is 4.79. The molecule has 0 fully saturated rings. The van der Waals surface area contributed by atoms with Crippen molar-refractivity contribution in [3.05, 3.63) is 119 Å². The van der Waals surface area contributed by atoms with Gasteiger partial charge in [0, 0.05) is 29.5 Å². The van der Waals surface area contributed by atoms with Crippen LogP contribution in [0.3, 0.4) is 0 Å². The molecule has 5 nitrogen and oxygen atoms in total. The van der Waals surface area contributed by atoms with E-state index < -0.39 is 0 Å². The van der Waals surface area contributed by atoms with E-state index in [0.717, 1.165) is 22.4 Å². The number of anilines is 2. The molecule has 4 aromatic rings. The Bertz CT molecular complexity index is 1370. The van der Waals surface area contributed by atoms with E-state index in [1.54, 1.807) is 41.7 Å². The van der Waals surface area contributed by atoms with Crippen LogP contribution in [0.5, 0.6) is 0 Å². The minimum absolute atomic E-state index is 0.0186. The second-order valence-corrected chi connectivity index (χ2v) is 8.79. The Morgan fingerprint density at radius 1 is 0.882 bits per heavy atom. The molecule has 6 heteroatoms. The summed E-state index contributed by atoms with van der Waals surface area (Å²) in [5.41, 5.74) is 4.41.